The number of carbonyl (C=O) groups is 1. The van der Waals surface area contributed by atoms with E-state index >= 15 is 0 Å². The highest BCUT2D eigenvalue weighted by Gasteiger charge is 2.36. The first-order valence-electron chi connectivity index (χ1n) is 6.38. The number of aliphatic carboxylic acids is 1. The summed E-state index contributed by atoms with van der Waals surface area (Å²) in [5.41, 5.74) is 0.890. The molecule has 2 unspecified atom stereocenters. The Morgan fingerprint density at radius 1 is 1.47 bits per heavy atom. The smallest absolute Gasteiger partial charge is 0.320 e. The van der Waals surface area contributed by atoms with Crippen molar-refractivity contribution in [2.45, 2.75) is 31.8 Å². The van der Waals surface area contributed by atoms with E-state index in [1.807, 2.05) is 6.92 Å². The summed E-state index contributed by atoms with van der Waals surface area (Å²) < 4.78 is 5.05. The SMILES string of the molecule is COc1cc(C(C)NC(C(=O)O)C2CC2)ccc1O. The Bertz CT molecular complexity index is 471. The number of nitrogens with one attached hydrogen (secondary N) is 1. The second kappa shape index (κ2) is 5.48. The van der Waals surface area contributed by atoms with E-state index in [9.17, 15) is 15.0 Å². The molecule has 1 saturated carbocycles. The summed E-state index contributed by atoms with van der Waals surface area (Å²) in [4.78, 5) is 11.2. The van der Waals surface area contributed by atoms with Crippen LogP contribution in [0.4, 0.5) is 0 Å². The van der Waals surface area contributed by atoms with E-state index in [-0.39, 0.29) is 17.7 Å². The molecule has 19 heavy (non-hydrogen) atoms. The normalized spacial score (nSPS) is 17.8. The summed E-state index contributed by atoms with van der Waals surface area (Å²) >= 11 is 0. The molecule has 5 nitrogen and oxygen atoms in total. The van der Waals surface area contributed by atoms with Gasteiger partial charge in [0.25, 0.3) is 0 Å². The molecule has 104 valence electrons. The largest absolute Gasteiger partial charge is 0.504 e. The van der Waals surface area contributed by atoms with Gasteiger partial charge >= 0.3 is 5.97 Å². The van der Waals surface area contributed by atoms with Crippen LogP contribution in [0, 0.1) is 5.92 Å². The third kappa shape index (κ3) is 3.17. The van der Waals surface area contributed by atoms with Gasteiger partial charge in [0.2, 0.25) is 0 Å². The molecular weight excluding hydrogens is 246 g/mol. The van der Waals surface area contributed by atoms with Crippen LogP contribution in [0.2, 0.25) is 0 Å². The lowest BCUT2D eigenvalue weighted by molar-refractivity contribution is -0.140. The Morgan fingerprint density at radius 2 is 2.16 bits per heavy atom. The molecule has 1 aliphatic carbocycles. The molecule has 0 amide bonds. The number of rotatable bonds is 6. The van der Waals surface area contributed by atoms with Gasteiger partial charge in [-0.15, -0.1) is 0 Å². The number of aromatic hydroxyl groups is 1. The molecule has 0 heterocycles. The van der Waals surface area contributed by atoms with Gasteiger partial charge in [-0.25, -0.2) is 0 Å². The number of carboxylic acids is 1. The Morgan fingerprint density at radius 3 is 2.68 bits per heavy atom. The molecule has 0 spiro atoms. The second-order valence-electron chi connectivity index (χ2n) is 4.97. The fourth-order valence-electron chi connectivity index (χ4n) is 2.17. The predicted molar refractivity (Wildman–Crippen MR) is 70.4 cm³/mol. The van der Waals surface area contributed by atoms with Crippen molar-refractivity contribution in [2.24, 2.45) is 5.92 Å². The minimum absolute atomic E-state index is 0.0791. The fraction of sp³-hybridized carbons (Fsp3) is 0.500. The topological polar surface area (TPSA) is 78.8 Å². The van der Waals surface area contributed by atoms with Crippen molar-refractivity contribution >= 4 is 5.97 Å². The van der Waals surface area contributed by atoms with Crippen LogP contribution in [-0.2, 0) is 4.79 Å². The van der Waals surface area contributed by atoms with E-state index in [4.69, 9.17) is 4.74 Å². The molecule has 3 N–H and O–H groups in total. The Labute approximate surface area is 112 Å². The van der Waals surface area contributed by atoms with Crippen LogP contribution in [0.5, 0.6) is 11.5 Å². The quantitative estimate of drug-likeness (QED) is 0.732. The number of phenolic OH excluding ortho intramolecular Hbond substituents is 1. The maximum absolute atomic E-state index is 11.2. The molecule has 0 saturated heterocycles. The van der Waals surface area contributed by atoms with Gasteiger partial charge < -0.3 is 14.9 Å². The molecule has 0 aromatic heterocycles. The summed E-state index contributed by atoms with van der Waals surface area (Å²) in [5, 5.41) is 21.9. The first-order valence-corrected chi connectivity index (χ1v) is 6.38. The number of benzene rings is 1. The minimum atomic E-state index is -0.805. The molecule has 1 aliphatic rings. The molecule has 5 heteroatoms. The predicted octanol–water partition coefficient (Wildman–Crippen LogP) is 1.91. The van der Waals surface area contributed by atoms with Crippen molar-refractivity contribution in [3.63, 3.8) is 0 Å². The average Bonchev–Trinajstić information content (AvgIpc) is 3.20. The number of hydrogen-bond donors (Lipinski definition) is 3. The summed E-state index contributed by atoms with van der Waals surface area (Å²) in [6, 6.07) is 4.42. The molecule has 1 aromatic carbocycles. The molecule has 2 rings (SSSR count). The van der Waals surface area contributed by atoms with Crippen molar-refractivity contribution in [1.82, 2.24) is 5.32 Å². The first-order chi connectivity index (χ1) is 9.02. The summed E-state index contributed by atoms with van der Waals surface area (Å²) in [6.07, 6.45) is 1.94. The summed E-state index contributed by atoms with van der Waals surface area (Å²) in [6.45, 7) is 1.91. The van der Waals surface area contributed by atoms with Crippen molar-refractivity contribution in [1.29, 1.82) is 0 Å². The Balaban J connectivity index is 2.10. The van der Waals surface area contributed by atoms with Crippen molar-refractivity contribution < 1.29 is 19.7 Å². The number of methoxy groups -OCH3 is 1. The van der Waals surface area contributed by atoms with Gasteiger partial charge in [-0.2, -0.15) is 0 Å². The molecule has 1 fully saturated rings. The van der Waals surface area contributed by atoms with Gasteiger partial charge in [0.1, 0.15) is 6.04 Å². The number of hydrogen-bond acceptors (Lipinski definition) is 4. The Kier molecular flexibility index (Phi) is 3.95. The number of phenols is 1. The third-order valence-corrected chi connectivity index (χ3v) is 3.49. The van der Waals surface area contributed by atoms with Crippen LogP contribution in [0.1, 0.15) is 31.4 Å². The van der Waals surface area contributed by atoms with E-state index in [0.717, 1.165) is 18.4 Å². The zero-order valence-corrected chi connectivity index (χ0v) is 11.1. The Hall–Kier alpha value is -1.75. The molecule has 0 bridgehead atoms. The third-order valence-electron chi connectivity index (χ3n) is 3.49. The highest BCUT2D eigenvalue weighted by atomic mass is 16.5. The first kappa shape index (κ1) is 13.7. The average molecular weight is 265 g/mol. The van der Waals surface area contributed by atoms with E-state index in [1.165, 1.54) is 7.11 Å². The van der Waals surface area contributed by atoms with Gasteiger partial charge in [-0.05, 0) is 43.4 Å². The lowest BCUT2D eigenvalue weighted by atomic mass is 10.1. The highest BCUT2D eigenvalue weighted by Crippen LogP contribution is 2.34. The molecule has 2 atom stereocenters. The van der Waals surface area contributed by atoms with Gasteiger partial charge in [0.05, 0.1) is 7.11 Å². The van der Waals surface area contributed by atoms with Crippen LogP contribution in [0.3, 0.4) is 0 Å². The van der Waals surface area contributed by atoms with Gasteiger partial charge in [0.15, 0.2) is 11.5 Å². The van der Waals surface area contributed by atoms with Gasteiger partial charge in [-0.3, -0.25) is 10.1 Å². The van der Waals surface area contributed by atoms with Gasteiger partial charge in [0, 0.05) is 6.04 Å². The molecule has 0 aliphatic heterocycles. The monoisotopic (exact) mass is 265 g/mol. The standard InChI is InChI=1S/C14H19NO4/c1-8(15-13(14(17)18)9-3-4-9)10-5-6-11(16)12(7-10)19-2/h5-9,13,15-16H,3-4H2,1-2H3,(H,17,18). The molecule has 1 aromatic rings. The van der Waals surface area contributed by atoms with E-state index in [0.29, 0.717) is 5.75 Å². The van der Waals surface area contributed by atoms with Crippen LogP contribution < -0.4 is 10.1 Å². The lowest BCUT2D eigenvalue weighted by Crippen LogP contribution is -2.40. The second-order valence-corrected chi connectivity index (χ2v) is 4.97. The fourth-order valence-corrected chi connectivity index (χ4v) is 2.17. The zero-order chi connectivity index (χ0) is 14.0. The highest BCUT2D eigenvalue weighted by molar-refractivity contribution is 5.74. The lowest BCUT2D eigenvalue weighted by Gasteiger charge is -2.20. The van der Waals surface area contributed by atoms with E-state index in [1.54, 1.807) is 18.2 Å². The maximum atomic E-state index is 11.2. The summed E-state index contributed by atoms with van der Waals surface area (Å²) in [5.74, 6) is -0.0982. The molecular formula is C14H19NO4. The van der Waals surface area contributed by atoms with Crippen molar-refractivity contribution in [3.8, 4) is 11.5 Å². The van der Waals surface area contributed by atoms with Crippen LogP contribution >= 0.6 is 0 Å². The van der Waals surface area contributed by atoms with E-state index < -0.39 is 12.0 Å². The van der Waals surface area contributed by atoms with Crippen molar-refractivity contribution in [3.05, 3.63) is 23.8 Å². The van der Waals surface area contributed by atoms with Crippen LogP contribution in [0.25, 0.3) is 0 Å². The molecule has 0 radical (unpaired) electrons. The zero-order valence-electron chi connectivity index (χ0n) is 11.1. The van der Waals surface area contributed by atoms with Crippen LogP contribution in [-0.4, -0.2) is 29.3 Å². The minimum Gasteiger partial charge on any atom is -0.504 e. The number of ether oxygens (including phenoxy) is 1. The maximum Gasteiger partial charge on any atom is 0.320 e. The van der Waals surface area contributed by atoms with E-state index in [2.05, 4.69) is 5.32 Å². The van der Waals surface area contributed by atoms with Gasteiger partial charge in [-0.1, -0.05) is 6.07 Å². The summed E-state index contributed by atoms with van der Waals surface area (Å²) in [7, 11) is 1.49. The van der Waals surface area contributed by atoms with Crippen LogP contribution in [0.15, 0.2) is 18.2 Å². The van der Waals surface area contributed by atoms with Crippen molar-refractivity contribution in [2.75, 3.05) is 7.11 Å². The number of carboxylic acid groups (broad SMARTS) is 1.